The minimum atomic E-state index is -0.139. The Kier molecular flexibility index (Phi) is 6.12. The van der Waals surface area contributed by atoms with Gasteiger partial charge in [0.25, 0.3) is 0 Å². The first kappa shape index (κ1) is 19.3. The summed E-state index contributed by atoms with van der Waals surface area (Å²) >= 11 is 0. The van der Waals surface area contributed by atoms with E-state index in [2.05, 4.69) is 9.80 Å². The Morgan fingerprint density at radius 3 is 2.85 bits per heavy atom. The van der Waals surface area contributed by atoms with E-state index in [9.17, 15) is 4.39 Å². The fraction of sp³-hybridized carbons (Fsp3) is 0.727. The van der Waals surface area contributed by atoms with Crippen LogP contribution >= 0.6 is 0 Å². The number of benzene rings is 1. The Labute approximate surface area is 162 Å². The van der Waals surface area contributed by atoms with Gasteiger partial charge in [0.1, 0.15) is 5.82 Å². The molecule has 150 valence electrons. The third-order valence-corrected chi connectivity index (χ3v) is 7.02. The lowest BCUT2D eigenvalue weighted by Crippen LogP contribution is -2.56. The molecule has 3 aliphatic rings. The first-order valence-corrected chi connectivity index (χ1v) is 10.5. The topological polar surface area (TPSA) is 24.9 Å². The Morgan fingerprint density at radius 2 is 2.07 bits per heavy atom. The highest BCUT2D eigenvalue weighted by Gasteiger charge is 2.47. The van der Waals surface area contributed by atoms with Crippen molar-refractivity contribution in [2.24, 2.45) is 11.3 Å². The van der Waals surface area contributed by atoms with E-state index in [1.54, 1.807) is 6.07 Å². The van der Waals surface area contributed by atoms with Crippen LogP contribution in [0.5, 0.6) is 0 Å². The van der Waals surface area contributed by atoms with Crippen molar-refractivity contribution in [3.8, 4) is 0 Å². The molecule has 1 saturated carbocycles. The van der Waals surface area contributed by atoms with E-state index in [-0.39, 0.29) is 11.2 Å². The van der Waals surface area contributed by atoms with Gasteiger partial charge in [0, 0.05) is 44.7 Å². The summed E-state index contributed by atoms with van der Waals surface area (Å²) in [5.74, 6) is 0.586. The van der Waals surface area contributed by atoms with Crippen molar-refractivity contribution in [1.82, 2.24) is 9.80 Å². The highest BCUT2D eigenvalue weighted by molar-refractivity contribution is 5.16. The second-order valence-electron chi connectivity index (χ2n) is 8.70. The number of hydrogen-bond donors (Lipinski definition) is 0. The predicted molar refractivity (Wildman–Crippen MR) is 104 cm³/mol. The number of fused-ring (bicyclic) bond motifs is 1. The van der Waals surface area contributed by atoms with E-state index >= 15 is 0 Å². The van der Waals surface area contributed by atoms with Crippen LogP contribution in [0.3, 0.4) is 0 Å². The number of morpholine rings is 1. The van der Waals surface area contributed by atoms with Crippen molar-refractivity contribution < 1.29 is 13.9 Å². The van der Waals surface area contributed by atoms with Crippen molar-refractivity contribution in [1.29, 1.82) is 0 Å². The largest absolute Gasteiger partial charge is 0.384 e. The van der Waals surface area contributed by atoms with E-state index in [0.29, 0.717) is 6.04 Å². The maximum atomic E-state index is 13.6. The molecule has 0 radical (unpaired) electrons. The van der Waals surface area contributed by atoms with E-state index in [1.807, 2.05) is 19.2 Å². The van der Waals surface area contributed by atoms with E-state index in [4.69, 9.17) is 9.47 Å². The van der Waals surface area contributed by atoms with Crippen LogP contribution in [-0.2, 0) is 16.0 Å². The molecule has 1 aromatic carbocycles. The fourth-order valence-electron chi connectivity index (χ4n) is 5.68. The molecule has 0 N–H and O–H groups in total. The summed E-state index contributed by atoms with van der Waals surface area (Å²) in [5.41, 5.74) is 1.33. The number of nitrogens with zero attached hydrogens (tertiary/aromatic N) is 2. The molecule has 1 aliphatic carbocycles. The number of rotatable bonds is 5. The second kappa shape index (κ2) is 8.56. The van der Waals surface area contributed by atoms with Crippen LogP contribution in [0, 0.1) is 17.2 Å². The summed E-state index contributed by atoms with van der Waals surface area (Å²) in [6.45, 7) is 7.77. The monoisotopic (exact) mass is 376 g/mol. The smallest absolute Gasteiger partial charge is 0.123 e. The number of piperidine rings is 1. The molecule has 3 fully saturated rings. The molecule has 5 heteroatoms. The Balaban J connectivity index is 1.42. The zero-order valence-electron chi connectivity index (χ0n) is 16.5. The van der Waals surface area contributed by atoms with E-state index in [1.165, 1.54) is 31.7 Å². The molecule has 3 atom stereocenters. The summed E-state index contributed by atoms with van der Waals surface area (Å²) in [7, 11) is 1.84. The average molecular weight is 377 g/mol. The average Bonchev–Trinajstić information content (AvgIpc) is 2.68. The lowest BCUT2D eigenvalue weighted by molar-refractivity contribution is -0.0871. The van der Waals surface area contributed by atoms with Crippen molar-refractivity contribution in [3.05, 3.63) is 35.6 Å². The molecule has 0 amide bonds. The molecule has 4 rings (SSSR count). The summed E-state index contributed by atoms with van der Waals surface area (Å²) in [4.78, 5) is 5.17. The Hall–Kier alpha value is -1.01. The van der Waals surface area contributed by atoms with Crippen LogP contribution in [-0.4, -0.2) is 69.0 Å². The summed E-state index contributed by atoms with van der Waals surface area (Å²) < 4.78 is 24.8. The van der Waals surface area contributed by atoms with Gasteiger partial charge in [0.05, 0.1) is 19.8 Å². The lowest BCUT2D eigenvalue weighted by Gasteiger charge is -2.54. The van der Waals surface area contributed by atoms with Gasteiger partial charge >= 0.3 is 0 Å². The number of ether oxygens (including phenoxy) is 2. The van der Waals surface area contributed by atoms with Gasteiger partial charge in [0.15, 0.2) is 0 Å². The first-order chi connectivity index (χ1) is 13.2. The second-order valence-corrected chi connectivity index (χ2v) is 8.70. The normalized spacial score (nSPS) is 33.0. The van der Waals surface area contributed by atoms with E-state index < -0.39 is 0 Å². The highest BCUT2D eigenvalue weighted by atomic mass is 19.1. The number of halogens is 1. The molecule has 0 unspecified atom stereocenters. The molecule has 0 bridgehead atoms. The molecule has 27 heavy (non-hydrogen) atoms. The molecule has 2 heterocycles. The van der Waals surface area contributed by atoms with Crippen LogP contribution < -0.4 is 0 Å². The van der Waals surface area contributed by atoms with Gasteiger partial charge in [-0.2, -0.15) is 0 Å². The van der Waals surface area contributed by atoms with Crippen LogP contribution in [0.4, 0.5) is 4.39 Å². The molecule has 2 saturated heterocycles. The number of methoxy groups -OCH3 is 1. The van der Waals surface area contributed by atoms with Gasteiger partial charge in [-0.25, -0.2) is 4.39 Å². The van der Waals surface area contributed by atoms with Crippen molar-refractivity contribution in [3.63, 3.8) is 0 Å². The van der Waals surface area contributed by atoms with Crippen molar-refractivity contribution in [2.75, 3.05) is 53.1 Å². The fourth-order valence-corrected chi connectivity index (χ4v) is 5.68. The zero-order valence-corrected chi connectivity index (χ0v) is 16.5. The third kappa shape index (κ3) is 4.37. The van der Waals surface area contributed by atoms with Crippen LogP contribution in [0.25, 0.3) is 0 Å². The maximum absolute atomic E-state index is 13.6. The summed E-state index contributed by atoms with van der Waals surface area (Å²) in [5, 5.41) is 0. The van der Waals surface area contributed by atoms with Gasteiger partial charge in [-0.3, -0.25) is 9.80 Å². The van der Waals surface area contributed by atoms with Gasteiger partial charge in [-0.1, -0.05) is 12.1 Å². The van der Waals surface area contributed by atoms with Crippen molar-refractivity contribution in [2.45, 2.75) is 38.3 Å². The maximum Gasteiger partial charge on any atom is 0.123 e. The van der Waals surface area contributed by atoms with Crippen molar-refractivity contribution >= 4 is 0 Å². The number of hydrogen-bond acceptors (Lipinski definition) is 4. The van der Waals surface area contributed by atoms with Gasteiger partial charge < -0.3 is 9.47 Å². The molecule has 0 aromatic heterocycles. The quantitative estimate of drug-likeness (QED) is 0.788. The molecular weight excluding hydrogens is 343 g/mol. The molecule has 4 nitrogen and oxygen atoms in total. The molecule has 0 spiro atoms. The highest BCUT2D eigenvalue weighted by Crippen LogP contribution is 2.48. The Bertz CT molecular complexity index is 622. The van der Waals surface area contributed by atoms with Crippen LogP contribution in [0.1, 0.15) is 31.2 Å². The molecule has 1 aromatic rings. The molecule has 2 aliphatic heterocycles. The standard InChI is InChI=1S/C22H33FN2O2/c1-26-17-22-7-5-21(25-9-11-27-12-10-25)14-19(22)6-8-24(16-22)15-18-3-2-4-20(23)13-18/h2-4,13,19,21H,5-12,14-17H2,1H3/t19-,21-,22+/m1/s1. The molecular formula is C22H33FN2O2. The van der Waals surface area contributed by atoms with Gasteiger partial charge in [-0.05, 0) is 55.8 Å². The lowest BCUT2D eigenvalue weighted by atomic mass is 9.61. The van der Waals surface area contributed by atoms with E-state index in [0.717, 1.165) is 64.0 Å². The van der Waals surface area contributed by atoms with Crippen LogP contribution in [0.15, 0.2) is 24.3 Å². The SMILES string of the molecule is COC[C@@]12CC[C@@H](N3CCOCC3)C[C@H]1CCN(Cc1cccc(F)c1)C2. The third-order valence-electron chi connectivity index (χ3n) is 7.02. The van der Waals surface area contributed by atoms with Gasteiger partial charge in [0.2, 0.25) is 0 Å². The minimum Gasteiger partial charge on any atom is -0.384 e. The zero-order chi connectivity index (χ0) is 18.7. The summed E-state index contributed by atoms with van der Waals surface area (Å²) in [6.07, 6.45) is 5.00. The first-order valence-electron chi connectivity index (χ1n) is 10.5. The number of likely N-dealkylation sites (tertiary alicyclic amines) is 1. The Morgan fingerprint density at radius 1 is 1.22 bits per heavy atom. The minimum absolute atomic E-state index is 0.139. The predicted octanol–water partition coefficient (Wildman–Crippen LogP) is 3.17. The summed E-state index contributed by atoms with van der Waals surface area (Å²) in [6, 6.07) is 7.75. The van der Waals surface area contributed by atoms with Gasteiger partial charge in [-0.15, -0.1) is 0 Å². The van der Waals surface area contributed by atoms with Crippen LogP contribution in [0.2, 0.25) is 0 Å².